The van der Waals surface area contributed by atoms with Crippen molar-refractivity contribution in [3.05, 3.63) is 172 Å². The molecule has 6 nitrogen and oxygen atoms in total. The summed E-state index contributed by atoms with van der Waals surface area (Å²) in [5, 5.41) is 0. The predicted molar refractivity (Wildman–Crippen MR) is 165 cm³/mol. The van der Waals surface area contributed by atoms with Gasteiger partial charge < -0.3 is 42.1 Å². The average molecular weight is 943 g/mol. The monoisotopic (exact) mass is 942 g/mol. The van der Waals surface area contributed by atoms with Crippen molar-refractivity contribution in [1.29, 1.82) is 0 Å². The van der Waals surface area contributed by atoms with Gasteiger partial charge >= 0.3 is 21.1 Å². The van der Waals surface area contributed by atoms with Crippen LogP contribution in [0.1, 0.15) is 0 Å². The fourth-order valence-corrected chi connectivity index (χ4v) is 4.16. The maximum atomic E-state index is 6.57. The Morgan fingerprint density at radius 3 is 2.29 bits per heavy atom. The summed E-state index contributed by atoms with van der Waals surface area (Å²) >= 11 is 0. The molecule has 0 bridgehead atoms. The minimum absolute atomic E-state index is 0. The summed E-state index contributed by atoms with van der Waals surface area (Å²) in [5.74, 6) is 1.12. The molecule has 6 aromatic rings. The van der Waals surface area contributed by atoms with E-state index in [9.17, 15) is 0 Å². The van der Waals surface area contributed by atoms with Crippen LogP contribution in [0.5, 0.6) is 11.5 Å². The fraction of sp³-hybridized carbons (Fsp3) is 0. The Hall–Kier alpha value is -4.68. The van der Waals surface area contributed by atoms with Crippen LogP contribution in [-0.2, 0) is 42.1 Å². The van der Waals surface area contributed by atoms with Gasteiger partial charge in [0.2, 0.25) is 0 Å². The van der Waals surface area contributed by atoms with Gasteiger partial charge in [0.1, 0.15) is 0 Å². The van der Waals surface area contributed by atoms with E-state index in [0.29, 0.717) is 22.8 Å². The van der Waals surface area contributed by atoms with Crippen molar-refractivity contribution in [2.24, 2.45) is 0 Å². The molecule has 8 heteroatoms. The van der Waals surface area contributed by atoms with Gasteiger partial charge in [0.25, 0.3) is 0 Å². The summed E-state index contributed by atoms with van der Waals surface area (Å²) in [5.41, 5.74) is 5.05. The predicted octanol–water partition coefficient (Wildman–Crippen LogP) is 7.40. The van der Waals surface area contributed by atoms with E-state index in [2.05, 4.69) is 46.3 Å². The van der Waals surface area contributed by atoms with Gasteiger partial charge in [-0.05, 0) is 42.9 Å². The number of hydrogen-bond donors (Lipinski definition) is 0. The molecular weight excluding hydrogens is 921 g/mol. The van der Waals surface area contributed by atoms with E-state index in [1.165, 1.54) is 0 Å². The molecular formula is C37H22N5OPt2-3. The van der Waals surface area contributed by atoms with E-state index in [1.807, 2.05) is 108 Å². The normalized spacial score (nSPS) is 11.4. The smallest absolute Gasteiger partial charge is 0.669 e. The van der Waals surface area contributed by atoms with E-state index in [4.69, 9.17) is 11.2 Å². The van der Waals surface area contributed by atoms with Gasteiger partial charge in [-0.2, -0.15) is 48.2 Å². The summed E-state index contributed by atoms with van der Waals surface area (Å²) in [4.78, 5) is 12.5. The molecule has 0 N–H and O–H groups in total. The van der Waals surface area contributed by atoms with Gasteiger partial charge in [0, 0.05) is 57.3 Å². The quantitative estimate of drug-likeness (QED) is 0.129. The Balaban J connectivity index is 0.000000455. The maximum absolute atomic E-state index is 6.57. The molecule has 0 saturated carbocycles. The van der Waals surface area contributed by atoms with Crippen molar-refractivity contribution in [3.63, 3.8) is 0 Å². The van der Waals surface area contributed by atoms with Gasteiger partial charge in [-0.15, -0.1) is 36.6 Å². The number of pyridine rings is 2. The standard InChI is InChI=1S/C31H18N4O.C6H4N.2Pt/c1-2-6-24(7-3-1)25-12-17-33-31(21-25)26-8-4-10-29(20-26)36-30-11-5-9-28(22-30)35-19-18-34(23-35)27-13-15-32-16-14-27;1-2-7-5-3-4-6-7;;/h1-6,9-19,23H;3-6H;;/q-6;-1;;+4. The third kappa shape index (κ3) is 8.70. The molecule has 1 aliphatic rings. The summed E-state index contributed by atoms with van der Waals surface area (Å²) in [7, 11) is 0. The van der Waals surface area contributed by atoms with Crippen LogP contribution in [0.25, 0.3) is 22.4 Å². The van der Waals surface area contributed by atoms with Gasteiger partial charge in [0.15, 0.2) is 0 Å². The zero-order valence-corrected chi connectivity index (χ0v) is 28.0. The first-order chi connectivity index (χ1) is 21.2. The van der Waals surface area contributed by atoms with Crippen LogP contribution >= 0.6 is 0 Å². The minimum Gasteiger partial charge on any atom is -0.669 e. The van der Waals surface area contributed by atoms with Crippen LogP contribution < -0.4 is 14.5 Å². The molecule has 0 unspecified atom stereocenters. The minimum atomic E-state index is 0. The van der Waals surface area contributed by atoms with E-state index < -0.39 is 0 Å². The first-order valence-corrected chi connectivity index (χ1v) is 13.3. The molecule has 0 atom stereocenters. The molecule has 0 aliphatic carbocycles. The molecule has 1 aliphatic heterocycles. The Morgan fingerprint density at radius 1 is 0.733 bits per heavy atom. The van der Waals surface area contributed by atoms with Crippen LogP contribution in [0.3, 0.4) is 0 Å². The summed E-state index contributed by atoms with van der Waals surface area (Å²) in [6, 6.07) is 45.2. The van der Waals surface area contributed by atoms with Crippen LogP contribution in [0.4, 0.5) is 11.4 Å². The zero-order valence-electron chi connectivity index (χ0n) is 23.5. The second-order valence-corrected chi connectivity index (χ2v) is 9.09. The summed E-state index contributed by atoms with van der Waals surface area (Å²) in [6.07, 6.45) is 19.3. The van der Waals surface area contributed by atoms with Crippen LogP contribution in [0, 0.1) is 49.5 Å². The number of benzene rings is 3. The number of anilines is 2. The first kappa shape index (κ1) is 33.2. The van der Waals surface area contributed by atoms with E-state index in [-0.39, 0.29) is 42.1 Å². The largest absolute Gasteiger partial charge is 4.00 e. The van der Waals surface area contributed by atoms with E-state index in [1.54, 1.807) is 41.6 Å². The molecule has 7 rings (SSSR count). The Morgan fingerprint density at radius 2 is 1.53 bits per heavy atom. The summed E-state index contributed by atoms with van der Waals surface area (Å²) in [6.45, 7) is 1.98. The van der Waals surface area contributed by atoms with Crippen molar-refractivity contribution < 1.29 is 46.9 Å². The van der Waals surface area contributed by atoms with E-state index in [0.717, 1.165) is 22.5 Å². The molecule has 224 valence electrons. The zero-order chi connectivity index (χ0) is 29.3. The number of rotatable bonds is 6. The van der Waals surface area contributed by atoms with Crippen LogP contribution in [0.15, 0.2) is 128 Å². The first-order valence-electron chi connectivity index (χ1n) is 13.3. The van der Waals surface area contributed by atoms with Gasteiger partial charge in [-0.1, -0.05) is 5.75 Å². The van der Waals surface area contributed by atoms with Crippen LogP contribution in [-0.4, -0.2) is 14.5 Å². The maximum Gasteiger partial charge on any atom is 4.00 e. The van der Waals surface area contributed by atoms with Crippen LogP contribution in [0.2, 0.25) is 0 Å². The molecule has 0 saturated heterocycles. The summed E-state index contributed by atoms with van der Waals surface area (Å²) < 4.78 is 7.64. The number of aromatic nitrogens is 3. The van der Waals surface area contributed by atoms with Crippen molar-refractivity contribution in [1.82, 2.24) is 14.5 Å². The molecule has 45 heavy (non-hydrogen) atoms. The molecule has 0 spiro atoms. The van der Waals surface area contributed by atoms with Crippen molar-refractivity contribution >= 4 is 11.4 Å². The molecule has 4 heterocycles. The van der Waals surface area contributed by atoms with Crippen molar-refractivity contribution in [2.45, 2.75) is 0 Å². The molecule has 3 aromatic carbocycles. The average Bonchev–Trinajstić information content (AvgIpc) is 3.80. The second-order valence-electron chi connectivity index (χ2n) is 9.09. The molecule has 3 aromatic heterocycles. The molecule has 0 fully saturated rings. The topological polar surface area (TPSA) is 46.4 Å². The van der Waals surface area contributed by atoms with E-state index >= 15 is 0 Å². The Bertz CT molecular complexity index is 1860. The SMILES string of the molecule is [C-]#Cn1cccc1.[Pt+4].[Pt].[c-]1ccc(Oc2[c-]c(N3C=CN(c4ccncc4)[CH-]3)ccc2)[c-]c1-c1[c-]c(-c2[c-]cccc2)ccn1. The fourth-order valence-electron chi connectivity index (χ4n) is 4.16. The van der Waals surface area contributed by atoms with Gasteiger partial charge in [-0.3, -0.25) is 17.1 Å². The Labute approximate surface area is 292 Å². The number of nitrogens with zero attached hydrogens (tertiary/aromatic N) is 5. The second kappa shape index (κ2) is 16.4. The Kier molecular flexibility index (Phi) is 12.1. The molecule has 0 amide bonds. The van der Waals surface area contributed by atoms with Gasteiger partial charge in [-0.25, -0.2) is 23.2 Å². The number of hydrogen-bond acceptors (Lipinski definition) is 5. The number of ether oxygens (including phenoxy) is 1. The molecule has 0 radical (unpaired) electrons. The van der Waals surface area contributed by atoms with Gasteiger partial charge in [0.05, 0.1) is 0 Å². The van der Waals surface area contributed by atoms with Crippen molar-refractivity contribution in [3.8, 4) is 39.9 Å². The van der Waals surface area contributed by atoms with Crippen molar-refractivity contribution in [2.75, 3.05) is 9.80 Å². The third-order valence-corrected chi connectivity index (χ3v) is 6.23. The third-order valence-electron chi connectivity index (χ3n) is 6.23.